The third-order valence-electron chi connectivity index (χ3n) is 3.41. The Morgan fingerprint density at radius 2 is 1.94 bits per heavy atom. The van der Waals surface area contributed by atoms with Crippen molar-refractivity contribution in [1.29, 1.82) is 0 Å². The van der Waals surface area contributed by atoms with E-state index >= 15 is 0 Å². The van der Waals surface area contributed by atoms with Crippen LogP contribution in [0.15, 0.2) is 28.7 Å². The average molecular weight is 311 g/mol. The zero-order chi connectivity index (χ0) is 13.0. The summed E-state index contributed by atoms with van der Waals surface area (Å²) < 4.78 is 1.01. The summed E-state index contributed by atoms with van der Waals surface area (Å²) in [6.07, 6.45) is 0.870. The number of carbonyl (C=O) groups is 1. The summed E-state index contributed by atoms with van der Waals surface area (Å²) in [5, 5.41) is 3.32. The van der Waals surface area contributed by atoms with Crippen molar-refractivity contribution in [2.24, 2.45) is 0 Å². The summed E-state index contributed by atoms with van der Waals surface area (Å²) >= 11 is 3.40. The van der Waals surface area contributed by atoms with Gasteiger partial charge in [0.1, 0.15) is 0 Å². The topological polar surface area (TPSA) is 32.3 Å². The molecule has 1 heterocycles. The summed E-state index contributed by atoms with van der Waals surface area (Å²) in [7, 11) is 0. The number of nitrogens with zero attached hydrogens (tertiary/aromatic N) is 1. The number of halogens is 1. The van der Waals surface area contributed by atoms with Crippen molar-refractivity contribution in [3.63, 3.8) is 0 Å². The number of carbonyl (C=O) groups excluding carboxylic acids is 1. The molecule has 1 atom stereocenters. The summed E-state index contributed by atoms with van der Waals surface area (Å²) in [6, 6.07) is 7.68. The van der Waals surface area contributed by atoms with Crippen LogP contribution in [0.3, 0.4) is 0 Å². The molecule has 0 saturated carbocycles. The van der Waals surface area contributed by atoms with Crippen LogP contribution in [0.4, 0.5) is 0 Å². The maximum absolute atomic E-state index is 12.5. The van der Waals surface area contributed by atoms with Crippen LogP contribution in [0.5, 0.6) is 0 Å². The van der Waals surface area contributed by atoms with Gasteiger partial charge in [-0.1, -0.05) is 35.0 Å². The fourth-order valence-corrected chi connectivity index (χ4v) is 2.67. The molecule has 0 aromatic heterocycles. The molecule has 0 spiro atoms. The van der Waals surface area contributed by atoms with E-state index in [1.54, 1.807) is 0 Å². The molecule has 1 aromatic rings. The Morgan fingerprint density at radius 3 is 2.50 bits per heavy atom. The van der Waals surface area contributed by atoms with E-state index in [2.05, 4.69) is 33.1 Å². The third-order valence-corrected chi connectivity index (χ3v) is 3.94. The van der Waals surface area contributed by atoms with Gasteiger partial charge in [-0.3, -0.25) is 9.69 Å². The number of hydrogen-bond acceptors (Lipinski definition) is 3. The van der Waals surface area contributed by atoms with E-state index in [0.29, 0.717) is 0 Å². The fourth-order valence-electron chi connectivity index (χ4n) is 2.41. The Labute approximate surface area is 117 Å². The summed E-state index contributed by atoms with van der Waals surface area (Å²) in [5.74, 6) is 0.243. The number of rotatable bonds is 4. The average Bonchev–Trinajstić information content (AvgIpc) is 2.41. The van der Waals surface area contributed by atoms with E-state index in [-0.39, 0.29) is 11.8 Å². The number of ketones is 1. The van der Waals surface area contributed by atoms with Crippen LogP contribution in [0.1, 0.15) is 23.7 Å². The normalized spacial score (nSPS) is 18.6. The SMILES string of the molecule is CCC(C(=O)c1ccc(Br)cc1)N1CCNCC1. The van der Waals surface area contributed by atoms with Crippen molar-refractivity contribution >= 4 is 21.7 Å². The largest absolute Gasteiger partial charge is 0.314 e. The number of benzene rings is 1. The molecule has 1 fully saturated rings. The van der Waals surface area contributed by atoms with Crippen LogP contribution in [-0.4, -0.2) is 42.9 Å². The second-order valence-electron chi connectivity index (χ2n) is 4.58. The molecular formula is C14H19BrN2O. The molecule has 0 radical (unpaired) electrons. The summed E-state index contributed by atoms with van der Waals surface area (Å²) in [6.45, 7) is 5.96. The van der Waals surface area contributed by atoms with Crippen molar-refractivity contribution in [3.8, 4) is 0 Å². The van der Waals surface area contributed by atoms with E-state index in [1.807, 2.05) is 24.3 Å². The highest BCUT2D eigenvalue weighted by Crippen LogP contribution is 2.16. The van der Waals surface area contributed by atoms with E-state index in [1.165, 1.54) is 0 Å². The third kappa shape index (κ3) is 3.19. The van der Waals surface area contributed by atoms with Gasteiger partial charge in [-0.05, 0) is 18.6 Å². The Kier molecular flexibility index (Phi) is 4.92. The molecule has 1 aliphatic heterocycles. The number of hydrogen-bond donors (Lipinski definition) is 1. The van der Waals surface area contributed by atoms with Gasteiger partial charge in [-0.15, -0.1) is 0 Å². The second-order valence-corrected chi connectivity index (χ2v) is 5.50. The minimum Gasteiger partial charge on any atom is -0.314 e. The molecule has 18 heavy (non-hydrogen) atoms. The minimum atomic E-state index is 0.0216. The molecule has 0 amide bonds. The number of piperazine rings is 1. The van der Waals surface area contributed by atoms with Gasteiger partial charge in [0.05, 0.1) is 6.04 Å². The first-order valence-corrected chi connectivity index (χ1v) is 7.26. The molecule has 1 saturated heterocycles. The molecule has 0 aliphatic carbocycles. The standard InChI is InChI=1S/C14H19BrN2O/c1-2-13(17-9-7-16-8-10-17)14(18)11-3-5-12(15)6-4-11/h3-6,13,16H,2,7-10H2,1H3. The maximum atomic E-state index is 12.5. The Hall–Kier alpha value is -0.710. The lowest BCUT2D eigenvalue weighted by Gasteiger charge is -2.33. The minimum absolute atomic E-state index is 0.0216. The molecule has 0 bridgehead atoms. The van der Waals surface area contributed by atoms with Crippen LogP contribution >= 0.6 is 15.9 Å². The van der Waals surface area contributed by atoms with Gasteiger partial charge >= 0.3 is 0 Å². The molecule has 1 aromatic carbocycles. The van der Waals surface area contributed by atoms with Gasteiger partial charge in [0.25, 0.3) is 0 Å². The van der Waals surface area contributed by atoms with Crippen molar-refractivity contribution in [1.82, 2.24) is 10.2 Å². The van der Waals surface area contributed by atoms with Crippen molar-refractivity contribution in [2.75, 3.05) is 26.2 Å². The van der Waals surface area contributed by atoms with Crippen molar-refractivity contribution in [3.05, 3.63) is 34.3 Å². The smallest absolute Gasteiger partial charge is 0.179 e. The first kappa shape index (κ1) is 13.7. The molecule has 1 N–H and O–H groups in total. The van der Waals surface area contributed by atoms with Crippen molar-refractivity contribution < 1.29 is 4.79 Å². The first-order chi connectivity index (χ1) is 8.72. The van der Waals surface area contributed by atoms with Gasteiger partial charge in [-0.25, -0.2) is 0 Å². The highest BCUT2D eigenvalue weighted by molar-refractivity contribution is 9.10. The number of Topliss-reactive ketones (excluding diaryl/α,β-unsaturated/α-hetero) is 1. The monoisotopic (exact) mass is 310 g/mol. The van der Waals surface area contributed by atoms with Gasteiger partial charge in [0, 0.05) is 36.2 Å². The number of nitrogens with one attached hydrogen (secondary N) is 1. The molecule has 1 unspecified atom stereocenters. The van der Waals surface area contributed by atoms with Gasteiger partial charge < -0.3 is 5.32 Å². The van der Waals surface area contributed by atoms with E-state index in [9.17, 15) is 4.79 Å². The van der Waals surface area contributed by atoms with E-state index in [4.69, 9.17) is 0 Å². The van der Waals surface area contributed by atoms with E-state index < -0.39 is 0 Å². The molecule has 98 valence electrons. The molecule has 1 aliphatic rings. The fraction of sp³-hybridized carbons (Fsp3) is 0.500. The van der Waals surface area contributed by atoms with Crippen LogP contribution in [0.25, 0.3) is 0 Å². The molecule has 4 heteroatoms. The van der Waals surface area contributed by atoms with E-state index in [0.717, 1.165) is 42.6 Å². The van der Waals surface area contributed by atoms with Gasteiger partial charge in [0.2, 0.25) is 0 Å². The maximum Gasteiger partial charge on any atom is 0.179 e. The highest BCUT2D eigenvalue weighted by atomic mass is 79.9. The van der Waals surface area contributed by atoms with Crippen molar-refractivity contribution in [2.45, 2.75) is 19.4 Å². The Bertz CT molecular complexity index is 399. The lowest BCUT2D eigenvalue weighted by atomic mass is 10.0. The predicted molar refractivity (Wildman–Crippen MR) is 77.0 cm³/mol. The van der Waals surface area contributed by atoms with Crippen LogP contribution in [0, 0.1) is 0 Å². The molecular weight excluding hydrogens is 292 g/mol. The summed E-state index contributed by atoms with van der Waals surface area (Å²) in [4.78, 5) is 14.8. The quantitative estimate of drug-likeness (QED) is 0.866. The second kappa shape index (κ2) is 6.45. The lowest BCUT2D eigenvalue weighted by Crippen LogP contribution is -2.51. The van der Waals surface area contributed by atoms with Gasteiger partial charge in [0.15, 0.2) is 5.78 Å². The lowest BCUT2D eigenvalue weighted by molar-refractivity contribution is 0.0790. The predicted octanol–water partition coefficient (Wildman–Crippen LogP) is 2.32. The summed E-state index contributed by atoms with van der Waals surface area (Å²) in [5.41, 5.74) is 0.809. The van der Waals surface area contributed by atoms with Crippen LogP contribution < -0.4 is 5.32 Å². The van der Waals surface area contributed by atoms with Crippen LogP contribution in [0.2, 0.25) is 0 Å². The van der Waals surface area contributed by atoms with Crippen LogP contribution in [-0.2, 0) is 0 Å². The molecule has 3 nitrogen and oxygen atoms in total. The Balaban J connectivity index is 2.11. The van der Waals surface area contributed by atoms with Gasteiger partial charge in [-0.2, -0.15) is 0 Å². The Morgan fingerprint density at radius 1 is 1.33 bits per heavy atom. The zero-order valence-corrected chi connectivity index (χ0v) is 12.2. The first-order valence-electron chi connectivity index (χ1n) is 6.47. The highest BCUT2D eigenvalue weighted by Gasteiger charge is 2.26. The zero-order valence-electron chi connectivity index (χ0n) is 10.7. The molecule has 2 rings (SSSR count).